The zero-order valence-corrected chi connectivity index (χ0v) is 9.45. The maximum Gasteiger partial charge on any atom is 0.387 e. The van der Waals surface area contributed by atoms with E-state index in [9.17, 15) is 13.6 Å². The molecule has 17 heavy (non-hydrogen) atoms. The van der Waals surface area contributed by atoms with Gasteiger partial charge in [-0.25, -0.2) is 0 Å². The predicted octanol–water partition coefficient (Wildman–Crippen LogP) is 2.87. The highest BCUT2D eigenvalue weighted by molar-refractivity contribution is 5.67. The second-order valence-electron chi connectivity index (χ2n) is 3.53. The van der Waals surface area contributed by atoms with Crippen LogP contribution in [0.1, 0.15) is 24.5 Å². The van der Waals surface area contributed by atoms with Gasteiger partial charge in [-0.2, -0.15) is 8.78 Å². The van der Waals surface area contributed by atoms with Gasteiger partial charge in [-0.05, 0) is 24.0 Å². The Labute approximate surface area is 98.0 Å². The van der Waals surface area contributed by atoms with E-state index >= 15 is 0 Å². The largest absolute Gasteiger partial charge is 0.481 e. The van der Waals surface area contributed by atoms with Crippen LogP contribution in [-0.4, -0.2) is 17.7 Å². The SMILES string of the molecule is CCc1cccc(CCC(=O)O)c1OC(F)F. The number of aliphatic carboxylic acids is 1. The maximum atomic E-state index is 12.3. The smallest absolute Gasteiger partial charge is 0.387 e. The fourth-order valence-corrected chi connectivity index (χ4v) is 1.60. The Kier molecular flexibility index (Phi) is 4.87. The van der Waals surface area contributed by atoms with E-state index in [2.05, 4.69) is 4.74 Å². The molecule has 1 rings (SSSR count). The highest BCUT2D eigenvalue weighted by atomic mass is 19.3. The summed E-state index contributed by atoms with van der Waals surface area (Å²) >= 11 is 0. The lowest BCUT2D eigenvalue weighted by Gasteiger charge is -2.13. The molecule has 94 valence electrons. The van der Waals surface area contributed by atoms with Crippen molar-refractivity contribution in [3.05, 3.63) is 29.3 Å². The van der Waals surface area contributed by atoms with Crippen LogP contribution in [-0.2, 0) is 17.6 Å². The number of aryl methyl sites for hydroxylation is 2. The van der Waals surface area contributed by atoms with Gasteiger partial charge in [-0.15, -0.1) is 0 Å². The van der Waals surface area contributed by atoms with Crippen LogP contribution < -0.4 is 4.74 Å². The van der Waals surface area contributed by atoms with Crippen molar-refractivity contribution < 1.29 is 23.4 Å². The fourth-order valence-electron chi connectivity index (χ4n) is 1.60. The van der Waals surface area contributed by atoms with Gasteiger partial charge < -0.3 is 9.84 Å². The van der Waals surface area contributed by atoms with Crippen LogP contribution in [0.3, 0.4) is 0 Å². The molecule has 0 fully saturated rings. The molecule has 0 aliphatic carbocycles. The van der Waals surface area contributed by atoms with Crippen molar-refractivity contribution >= 4 is 5.97 Å². The Morgan fingerprint density at radius 1 is 1.41 bits per heavy atom. The van der Waals surface area contributed by atoms with Crippen molar-refractivity contribution in [3.8, 4) is 5.75 Å². The van der Waals surface area contributed by atoms with Crippen molar-refractivity contribution in [2.24, 2.45) is 0 Å². The van der Waals surface area contributed by atoms with Gasteiger partial charge in [0.05, 0.1) is 0 Å². The van der Waals surface area contributed by atoms with E-state index in [1.807, 2.05) is 6.92 Å². The lowest BCUT2D eigenvalue weighted by Crippen LogP contribution is -2.08. The molecule has 0 unspecified atom stereocenters. The lowest BCUT2D eigenvalue weighted by atomic mass is 10.0. The van der Waals surface area contributed by atoms with Crippen LogP contribution in [0.15, 0.2) is 18.2 Å². The number of carboxylic acids is 1. The monoisotopic (exact) mass is 244 g/mol. The van der Waals surface area contributed by atoms with Gasteiger partial charge in [0.1, 0.15) is 5.75 Å². The van der Waals surface area contributed by atoms with Crippen LogP contribution in [0.2, 0.25) is 0 Å². The van der Waals surface area contributed by atoms with E-state index in [4.69, 9.17) is 5.11 Å². The highest BCUT2D eigenvalue weighted by Gasteiger charge is 2.14. The molecule has 1 aromatic carbocycles. The number of benzene rings is 1. The van der Waals surface area contributed by atoms with Gasteiger partial charge >= 0.3 is 12.6 Å². The number of halogens is 2. The summed E-state index contributed by atoms with van der Waals surface area (Å²) in [6, 6.07) is 5.02. The second kappa shape index (κ2) is 6.18. The molecular formula is C12H14F2O3. The van der Waals surface area contributed by atoms with E-state index in [1.54, 1.807) is 18.2 Å². The number of para-hydroxylation sites is 1. The normalized spacial score (nSPS) is 10.6. The zero-order valence-electron chi connectivity index (χ0n) is 9.45. The summed E-state index contributed by atoms with van der Waals surface area (Å²) in [4.78, 5) is 10.5. The fraction of sp³-hybridized carbons (Fsp3) is 0.417. The standard InChI is InChI=1S/C12H14F2O3/c1-2-8-4-3-5-9(6-7-10(15)16)11(8)17-12(13)14/h3-5,12H,2,6-7H2,1H3,(H,15,16). The van der Waals surface area contributed by atoms with E-state index in [1.165, 1.54) is 0 Å². The molecule has 0 bridgehead atoms. The molecule has 0 spiro atoms. The Hall–Kier alpha value is -1.65. The first-order valence-electron chi connectivity index (χ1n) is 5.32. The summed E-state index contributed by atoms with van der Waals surface area (Å²) in [6.07, 6.45) is 0.640. The first-order chi connectivity index (χ1) is 8.04. The average Bonchev–Trinajstić information content (AvgIpc) is 2.26. The molecule has 0 aromatic heterocycles. The van der Waals surface area contributed by atoms with E-state index in [-0.39, 0.29) is 18.6 Å². The minimum absolute atomic E-state index is 0.104. The van der Waals surface area contributed by atoms with Gasteiger partial charge in [0.2, 0.25) is 0 Å². The molecule has 0 aliphatic heterocycles. The van der Waals surface area contributed by atoms with Crippen molar-refractivity contribution in [2.75, 3.05) is 0 Å². The highest BCUT2D eigenvalue weighted by Crippen LogP contribution is 2.27. The minimum Gasteiger partial charge on any atom is -0.481 e. The summed E-state index contributed by atoms with van der Waals surface area (Å²) in [5, 5.41) is 8.59. The summed E-state index contributed by atoms with van der Waals surface area (Å²) in [5.41, 5.74) is 1.17. The number of alkyl halides is 2. The molecule has 0 saturated heterocycles. The molecule has 0 aliphatic rings. The maximum absolute atomic E-state index is 12.3. The first-order valence-corrected chi connectivity index (χ1v) is 5.32. The summed E-state index contributed by atoms with van der Waals surface area (Å²) in [6.45, 7) is -1.07. The average molecular weight is 244 g/mol. The first kappa shape index (κ1) is 13.4. The van der Waals surface area contributed by atoms with Crippen LogP contribution >= 0.6 is 0 Å². The minimum atomic E-state index is -2.90. The topological polar surface area (TPSA) is 46.5 Å². The van der Waals surface area contributed by atoms with E-state index in [0.29, 0.717) is 17.5 Å². The number of carboxylic acid groups (broad SMARTS) is 1. The summed E-state index contributed by atoms with van der Waals surface area (Å²) < 4.78 is 29.0. The number of ether oxygens (including phenoxy) is 1. The third kappa shape index (κ3) is 4.01. The Bertz CT molecular complexity index is 391. The summed E-state index contributed by atoms with van der Waals surface area (Å²) in [7, 11) is 0. The van der Waals surface area contributed by atoms with Gasteiger partial charge in [0.15, 0.2) is 0 Å². The Balaban J connectivity index is 2.96. The molecule has 0 amide bonds. The van der Waals surface area contributed by atoms with Gasteiger partial charge in [0.25, 0.3) is 0 Å². The Morgan fingerprint density at radius 3 is 2.59 bits per heavy atom. The molecule has 0 saturated carbocycles. The van der Waals surface area contributed by atoms with Crippen molar-refractivity contribution in [1.29, 1.82) is 0 Å². The van der Waals surface area contributed by atoms with Crippen LogP contribution in [0.5, 0.6) is 5.75 Å². The second-order valence-corrected chi connectivity index (χ2v) is 3.53. The predicted molar refractivity (Wildman–Crippen MR) is 58.4 cm³/mol. The lowest BCUT2D eigenvalue weighted by molar-refractivity contribution is -0.136. The van der Waals surface area contributed by atoms with E-state index < -0.39 is 12.6 Å². The van der Waals surface area contributed by atoms with E-state index in [0.717, 1.165) is 0 Å². The molecular weight excluding hydrogens is 230 g/mol. The molecule has 0 heterocycles. The molecule has 1 aromatic rings. The molecule has 0 radical (unpaired) electrons. The summed E-state index contributed by atoms with van der Waals surface area (Å²) in [5.74, 6) is -0.846. The number of carbonyl (C=O) groups is 1. The third-order valence-electron chi connectivity index (χ3n) is 2.37. The molecule has 5 heteroatoms. The number of hydrogen-bond donors (Lipinski definition) is 1. The van der Waals surface area contributed by atoms with Crippen LogP contribution in [0.25, 0.3) is 0 Å². The van der Waals surface area contributed by atoms with Gasteiger partial charge in [-0.3, -0.25) is 4.79 Å². The number of rotatable bonds is 6. The van der Waals surface area contributed by atoms with Gasteiger partial charge in [0, 0.05) is 6.42 Å². The van der Waals surface area contributed by atoms with Crippen molar-refractivity contribution in [1.82, 2.24) is 0 Å². The third-order valence-corrected chi connectivity index (χ3v) is 2.37. The number of hydrogen-bond acceptors (Lipinski definition) is 2. The van der Waals surface area contributed by atoms with Gasteiger partial charge in [-0.1, -0.05) is 25.1 Å². The Morgan fingerprint density at radius 2 is 2.06 bits per heavy atom. The van der Waals surface area contributed by atoms with Crippen molar-refractivity contribution in [3.63, 3.8) is 0 Å². The zero-order chi connectivity index (χ0) is 12.8. The van der Waals surface area contributed by atoms with Crippen LogP contribution in [0.4, 0.5) is 8.78 Å². The van der Waals surface area contributed by atoms with Crippen LogP contribution in [0, 0.1) is 0 Å². The van der Waals surface area contributed by atoms with Crippen molar-refractivity contribution in [2.45, 2.75) is 32.8 Å². The molecule has 0 atom stereocenters. The molecule has 1 N–H and O–H groups in total. The molecule has 3 nitrogen and oxygen atoms in total. The quantitative estimate of drug-likeness (QED) is 0.836.